The minimum atomic E-state index is -3.92. The van der Waals surface area contributed by atoms with Gasteiger partial charge in [-0.1, -0.05) is 78.4 Å². The summed E-state index contributed by atoms with van der Waals surface area (Å²) in [6.45, 7) is 2.02. The van der Waals surface area contributed by atoms with Gasteiger partial charge in [-0.2, -0.15) is 0 Å². The number of aliphatic hydroxyl groups excluding tert-OH is 1. The van der Waals surface area contributed by atoms with Crippen LogP contribution in [0.1, 0.15) is 29.0 Å². The number of benzene rings is 3. The summed E-state index contributed by atoms with van der Waals surface area (Å²) in [4.78, 5) is 14.8. The monoisotopic (exact) mass is 435 g/mol. The molecule has 1 fully saturated rings. The number of hydrogen-bond donors (Lipinski definition) is 1. The van der Waals surface area contributed by atoms with Crippen LogP contribution < -0.4 is 0 Å². The van der Waals surface area contributed by atoms with E-state index in [4.69, 9.17) is 0 Å². The molecule has 6 heteroatoms. The minimum Gasteiger partial charge on any atom is -0.373 e. The smallest absolute Gasteiger partial charge is 0.243 e. The van der Waals surface area contributed by atoms with E-state index < -0.39 is 33.1 Å². The number of amides is 1. The molecule has 0 aromatic heterocycles. The lowest BCUT2D eigenvalue weighted by atomic mass is 9.88. The molecule has 31 heavy (non-hydrogen) atoms. The van der Waals surface area contributed by atoms with Crippen molar-refractivity contribution in [2.24, 2.45) is 0 Å². The summed E-state index contributed by atoms with van der Waals surface area (Å²) in [7, 11) is -3.92. The third-order valence-electron chi connectivity index (χ3n) is 5.85. The van der Waals surface area contributed by atoms with E-state index in [-0.39, 0.29) is 17.9 Å². The van der Waals surface area contributed by atoms with E-state index in [1.54, 1.807) is 24.3 Å². The first-order valence-corrected chi connectivity index (χ1v) is 11.8. The van der Waals surface area contributed by atoms with Crippen molar-refractivity contribution in [3.05, 3.63) is 102 Å². The van der Waals surface area contributed by atoms with Gasteiger partial charge in [0.15, 0.2) is 9.84 Å². The average molecular weight is 436 g/mol. The van der Waals surface area contributed by atoms with Crippen LogP contribution in [-0.2, 0) is 21.2 Å². The number of carbonyl (C=O) groups excluding carboxylic acids is 1. The lowest BCUT2D eigenvalue weighted by Gasteiger charge is -2.41. The number of likely N-dealkylation sites (tertiary alicyclic amines) is 1. The Morgan fingerprint density at radius 2 is 1.48 bits per heavy atom. The first-order chi connectivity index (χ1) is 14.9. The molecule has 3 atom stereocenters. The molecule has 1 aliphatic rings. The van der Waals surface area contributed by atoms with Gasteiger partial charge in [-0.05, 0) is 36.6 Å². The molecule has 0 bridgehead atoms. The topological polar surface area (TPSA) is 74.7 Å². The summed E-state index contributed by atoms with van der Waals surface area (Å²) < 4.78 is 26.9. The highest BCUT2D eigenvalue weighted by Gasteiger charge is 2.47. The van der Waals surface area contributed by atoms with Crippen molar-refractivity contribution in [2.45, 2.75) is 42.2 Å². The summed E-state index contributed by atoms with van der Waals surface area (Å²) in [5.41, 5.74) is 2.58. The van der Waals surface area contributed by atoms with Crippen LogP contribution in [0.2, 0.25) is 0 Å². The highest BCUT2D eigenvalue weighted by atomic mass is 32.2. The Kier molecular flexibility index (Phi) is 5.94. The first-order valence-electron chi connectivity index (χ1n) is 10.3. The number of carbonyl (C=O) groups is 1. The van der Waals surface area contributed by atoms with Crippen molar-refractivity contribution in [1.82, 2.24) is 4.90 Å². The Balaban J connectivity index is 1.75. The van der Waals surface area contributed by atoms with Gasteiger partial charge in [0.25, 0.3) is 0 Å². The van der Waals surface area contributed by atoms with Crippen molar-refractivity contribution in [2.75, 3.05) is 0 Å². The van der Waals surface area contributed by atoms with Gasteiger partial charge < -0.3 is 10.0 Å². The second-order valence-electron chi connectivity index (χ2n) is 7.96. The van der Waals surface area contributed by atoms with Crippen LogP contribution >= 0.6 is 0 Å². The summed E-state index contributed by atoms with van der Waals surface area (Å²) >= 11 is 0. The fraction of sp³-hybridized carbons (Fsp3) is 0.240. The highest BCUT2D eigenvalue weighted by molar-refractivity contribution is 7.92. The quantitative estimate of drug-likeness (QED) is 0.664. The molecule has 0 aliphatic carbocycles. The molecule has 5 nitrogen and oxygen atoms in total. The Bertz CT molecular complexity index is 1150. The predicted octanol–water partition coefficient (Wildman–Crippen LogP) is 3.67. The van der Waals surface area contributed by atoms with Gasteiger partial charge in [0, 0.05) is 12.5 Å². The number of rotatable bonds is 5. The van der Waals surface area contributed by atoms with Crippen LogP contribution in [0, 0.1) is 6.92 Å². The molecule has 1 saturated heterocycles. The maximum absolute atomic E-state index is 13.5. The van der Waals surface area contributed by atoms with E-state index in [1.807, 2.05) is 67.6 Å². The Labute approximate surface area is 182 Å². The van der Waals surface area contributed by atoms with Gasteiger partial charge >= 0.3 is 0 Å². The zero-order valence-corrected chi connectivity index (χ0v) is 18.1. The van der Waals surface area contributed by atoms with Gasteiger partial charge in [0.1, 0.15) is 11.5 Å². The van der Waals surface area contributed by atoms with Crippen molar-refractivity contribution in [1.29, 1.82) is 0 Å². The zero-order chi connectivity index (χ0) is 22.0. The van der Waals surface area contributed by atoms with Gasteiger partial charge in [0.05, 0.1) is 4.90 Å². The molecule has 3 aromatic rings. The van der Waals surface area contributed by atoms with Gasteiger partial charge in [0.2, 0.25) is 5.91 Å². The van der Waals surface area contributed by atoms with E-state index in [9.17, 15) is 18.3 Å². The van der Waals surface area contributed by atoms with Crippen LogP contribution in [0.25, 0.3) is 0 Å². The third kappa shape index (κ3) is 4.27. The summed E-state index contributed by atoms with van der Waals surface area (Å²) in [6, 6.07) is 25.1. The Hall–Kier alpha value is -2.96. The summed E-state index contributed by atoms with van der Waals surface area (Å²) in [5, 5.41) is 9.86. The molecule has 0 spiro atoms. The molecular weight excluding hydrogens is 410 g/mol. The third-order valence-corrected chi connectivity index (χ3v) is 7.93. The molecule has 3 aromatic carbocycles. The molecule has 1 amide bonds. The highest BCUT2D eigenvalue weighted by Crippen LogP contribution is 2.37. The molecule has 3 unspecified atom stereocenters. The normalized spacial score (nSPS) is 21.8. The lowest BCUT2D eigenvalue weighted by molar-refractivity contribution is -0.149. The zero-order valence-electron chi connectivity index (χ0n) is 17.3. The first kappa shape index (κ1) is 21.3. The SMILES string of the molecule is Cc1ccc(S(=O)(=O)C2CC(c3ccccc3)C(O)N(Cc3ccccc3)C2=O)cc1. The van der Waals surface area contributed by atoms with Crippen LogP contribution in [0.3, 0.4) is 0 Å². The van der Waals surface area contributed by atoms with Crippen molar-refractivity contribution < 1.29 is 18.3 Å². The fourth-order valence-corrected chi connectivity index (χ4v) is 5.80. The van der Waals surface area contributed by atoms with Gasteiger partial charge in [-0.3, -0.25) is 4.79 Å². The second kappa shape index (κ2) is 8.65. The Morgan fingerprint density at radius 3 is 2.10 bits per heavy atom. The summed E-state index contributed by atoms with van der Waals surface area (Å²) in [6.07, 6.45) is -1.08. The largest absolute Gasteiger partial charge is 0.373 e. The fourth-order valence-electron chi connectivity index (χ4n) is 4.10. The molecule has 0 radical (unpaired) electrons. The van der Waals surface area contributed by atoms with E-state index in [2.05, 4.69) is 0 Å². The van der Waals surface area contributed by atoms with Crippen LogP contribution in [0.5, 0.6) is 0 Å². The molecule has 1 heterocycles. The van der Waals surface area contributed by atoms with E-state index in [0.29, 0.717) is 0 Å². The molecule has 1 aliphatic heterocycles. The number of sulfone groups is 1. The van der Waals surface area contributed by atoms with Gasteiger partial charge in [-0.25, -0.2) is 8.42 Å². The number of aryl methyl sites for hydroxylation is 1. The predicted molar refractivity (Wildman–Crippen MR) is 119 cm³/mol. The van der Waals surface area contributed by atoms with E-state index in [1.165, 1.54) is 4.90 Å². The van der Waals surface area contributed by atoms with E-state index >= 15 is 0 Å². The second-order valence-corrected chi connectivity index (χ2v) is 10.1. The number of aliphatic hydroxyl groups is 1. The molecule has 1 N–H and O–H groups in total. The lowest BCUT2D eigenvalue weighted by Crippen LogP contribution is -2.55. The summed E-state index contributed by atoms with van der Waals surface area (Å²) in [5.74, 6) is -1.07. The van der Waals surface area contributed by atoms with E-state index in [0.717, 1.165) is 16.7 Å². The van der Waals surface area contributed by atoms with Crippen LogP contribution in [-0.4, -0.2) is 35.8 Å². The van der Waals surface area contributed by atoms with Gasteiger partial charge in [-0.15, -0.1) is 0 Å². The molecular formula is C25H25NO4S. The maximum Gasteiger partial charge on any atom is 0.243 e. The number of nitrogens with zero attached hydrogens (tertiary/aromatic N) is 1. The average Bonchev–Trinajstić information content (AvgIpc) is 2.78. The van der Waals surface area contributed by atoms with Crippen molar-refractivity contribution in [3.63, 3.8) is 0 Å². The Morgan fingerprint density at radius 1 is 0.903 bits per heavy atom. The minimum absolute atomic E-state index is 0.0332. The molecule has 0 saturated carbocycles. The number of piperidine rings is 1. The molecule has 4 rings (SSSR count). The van der Waals surface area contributed by atoms with Crippen molar-refractivity contribution >= 4 is 15.7 Å². The van der Waals surface area contributed by atoms with Crippen LogP contribution in [0.15, 0.2) is 89.8 Å². The van der Waals surface area contributed by atoms with Crippen molar-refractivity contribution in [3.8, 4) is 0 Å². The molecule has 160 valence electrons. The number of hydrogen-bond acceptors (Lipinski definition) is 4. The standard InChI is InChI=1S/C25H25NO4S/c1-18-12-14-21(15-13-18)31(29,30)23-16-22(20-10-6-3-7-11-20)24(27)26(25(23)28)17-19-8-4-2-5-9-19/h2-15,22-24,27H,16-17H2,1H3. The van der Waals surface area contributed by atoms with Crippen LogP contribution in [0.4, 0.5) is 0 Å². The maximum atomic E-state index is 13.5.